The molecule has 0 aromatic heterocycles. The summed E-state index contributed by atoms with van der Waals surface area (Å²) in [6.45, 7) is -1.42. The Labute approximate surface area is 97.6 Å². The zero-order chi connectivity index (χ0) is 13.0. The normalized spacial score (nSPS) is 37.1. The molecule has 0 radical (unpaired) electrons. The first-order valence-corrected chi connectivity index (χ1v) is 5.22. The van der Waals surface area contributed by atoms with Gasteiger partial charge in [0.15, 0.2) is 6.29 Å². The van der Waals surface area contributed by atoms with Crippen LogP contribution in [0.3, 0.4) is 0 Å². The molecule has 0 spiro atoms. The molecule has 1 heterocycles. The van der Waals surface area contributed by atoms with Gasteiger partial charge in [-0.15, -0.1) is 0 Å². The summed E-state index contributed by atoms with van der Waals surface area (Å²) in [7, 11) is 0. The number of hydrogen-bond donors (Lipinski definition) is 6. The average molecular weight is 254 g/mol. The molecule has 0 aromatic rings. The average Bonchev–Trinajstić information content (AvgIpc) is 2.62. The fourth-order valence-electron chi connectivity index (χ4n) is 1.49. The molecular weight excluding hydrogens is 236 g/mol. The van der Waals surface area contributed by atoms with Crippen LogP contribution in [-0.2, 0) is 9.47 Å². The Morgan fingerprint density at radius 2 is 1.71 bits per heavy atom. The van der Waals surface area contributed by atoms with Crippen LogP contribution in [0.25, 0.3) is 0 Å². The lowest BCUT2D eigenvalue weighted by Crippen LogP contribution is -2.40. The smallest absolute Gasteiger partial charge is 0.186 e. The highest BCUT2D eigenvalue weighted by atomic mass is 16.7. The second kappa shape index (κ2) is 6.57. The molecule has 0 saturated carbocycles. The highest BCUT2D eigenvalue weighted by Gasteiger charge is 2.46. The van der Waals surface area contributed by atoms with E-state index in [2.05, 4.69) is 0 Å². The number of aliphatic hydroxyl groups is 6. The molecule has 1 aliphatic heterocycles. The van der Waals surface area contributed by atoms with Crippen LogP contribution in [0.4, 0.5) is 0 Å². The van der Waals surface area contributed by atoms with Gasteiger partial charge in [0, 0.05) is 0 Å². The second-order valence-electron chi connectivity index (χ2n) is 3.87. The van der Waals surface area contributed by atoms with Crippen LogP contribution in [0.1, 0.15) is 0 Å². The first kappa shape index (κ1) is 14.7. The Balaban J connectivity index is 2.47. The van der Waals surface area contributed by atoms with E-state index in [9.17, 15) is 15.3 Å². The minimum atomic E-state index is -1.40. The molecule has 1 saturated heterocycles. The topological polar surface area (TPSA) is 140 Å². The van der Waals surface area contributed by atoms with Gasteiger partial charge in [-0.1, -0.05) is 0 Å². The van der Waals surface area contributed by atoms with Crippen LogP contribution < -0.4 is 0 Å². The molecule has 0 amide bonds. The molecule has 8 nitrogen and oxygen atoms in total. The minimum Gasteiger partial charge on any atom is -0.394 e. The zero-order valence-corrected chi connectivity index (χ0v) is 9.09. The molecule has 102 valence electrons. The zero-order valence-electron chi connectivity index (χ0n) is 9.09. The molecule has 8 heteroatoms. The van der Waals surface area contributed by atoms with Gasteiger partial charge in [-0.2, -0.15) is 0 Å². The lowest BCUT2D eigenvalue weighted by molar-refractivity contribution is -0.192. The van der Waals surface area contributed by atoms with Gasteiger partial charge in [0.05, 0.1) is 19.8 Å². The van der Waals surface area contributed by atoms with Crippen molar-refractivity contribution in [2.24, 2.45) is 0 Å². The van der Waals surface area contributed by atoms with E-state index in [4.69, 9.17) is 24.8 Å². The Bertz CT molecular complexity index is 225. The van der Waals surface area contributed by atoms with Gasteiger partial charge in [-0.05, 0) is 0 Å². The van der Waals surface area contributed by atoms with E-state index >= 15 is 0 Å². The van der Waals surface area contributed by atoms with Crippen molar-refractivity contribution < 1.29 is 40.1 Å². The summed E-state index contributed by atoms with van der Waals surface area (Å²) in [4.78, 5) is 0. The van der Waals surface area contributed by atoms with Crippen LogP contribution >= 0.6 is 0 Å². The summed E-state index contributed by atoms with van der Waals surface area (Å²) in [5.74, 6) is 0. The van der Waals surface area contributed by atoms with Crippen LogP contribution in [0.15, 0.2) is 0 Å². The fraction of sp³-hybridized carbons (Fsp3) is 1.00. The summed E-state index contributed by atoms with van der Waals surface area (Å²) in [5.41, 5.74) is 0. The van der Waals surface area contributed by atoms with Crippen molar-refractivity contribution in [3.05, 3.63) is 0 Å². The van der Waals surface area contributed by atoms with Gasteiger partial charge < -0.3 is 40.1 Å². The molecule has 1 aliphatic rings. The van der Waals surface area contributed by atoms with E-state index in [0.29, 0.717) is 0 Å². The number of hydrogen-bond acceptors (Lipinski definition) is 8. The Hall–Kier alpha value is -0.320. The first-order valence-electron chi connectivity index (χ1n) is 5.22. The molecule has 6 unspecified atom stereocenters. The molecule has 1 fully saturated rings. The molecule has 0 bridgehead atoms. The summed E-state index contributed by atoms with van der Waals surface area (Å²) in [6.07, 6.45) is -7.63. The highest BCUT2D eigenvalue weighted by molar-refractivity contribution is 4.90. The lowest BCUT2D eigenvalue weighted by Gasteiger charge is -2.18. The van der Waals surface area contributed by atoms with E-state index in [1.54, 1.807) is 0 Å². The minimum absolute atomic E-state index is 0.285. The fourth-order valence-corrected chi connectivity index (χ4v) is 1.49. The largest absolute Gasteiger partial charge is 0.394 e. The molecule has 6 atom stereocenters. The van der Waals surface area contributed by atoms with Crippen LogP contribution in [-0.4, -0.2) is 87.3 Å². The van der Waals surface area contributed by atoms with E-state index in [1.165, 1.54) is 0 Å². The van der Waals surface area contributed by atoms with Crippen molar-refractivity contribution in [2.75, 3.05) is 19.8 Å². The van der Waals surface area contributed by atoms with E-state index in [-0.39, 0.29) is 6.61 Å². The van der Waals surface area contributed by atoms with Crippen LogP contribution in [0.5, 0.6) is 0 Å². The molecule has 6 N–H and O–H groups in total. The third-order valence-corrected chi connectivity index (χ3v) is 2.49. The predicted octanol–water partition coefficient (Wildman–Crippen LogP) is -3.84. The molecule has 0 aromatic carbocycles. The highest BCUT2D eigenvalue weighted by Crippen LogP contribution is 2.24. The third-order valence-electron chi connectivity index (χ3n) is 2.49. The maximum absolute atomic E-state index is 9.52. The van der Waals surface area contributed by atoms with Crippen molar-refractivity contribution in [1.29, 1.82) is 0 Å². The van der Waals surface area contributed by atoms with E-state index in [0.717, 1.165) is 0 Å². The monoisotopic (exact) mass is 254 g/mol. The van der Waals surface area contributed by atoms with Gasteiger partial charge in [-0.25, -0.2) is 0 Å². The van der Waals surface area contributed by atoms with Gasteiger partial charge in [-0.3, -0.25) is 0 Å². The van der Waals surface area contributed by atoms with Crippen LogP contribution in [0, 0.1) is 0 Å². The Morgan fingerprint density at radius 1 is 1.06 bits per heavy atom. The maximum atomic E-state index is 9.52. The van der Waals surface area contributed by atoms with Crippen molar-refractivity contribution in [1.82, 2.24) is 0 Å². The molecule has 0 aliphatic carbocycles. The molecular formula is C9H18O8. The quantitative estimate of drug-likeness (QED) is 0.283. The lowest BCUT2D eigenvalue weighted by atomic mass is 10.1. The summed E-state index contributed by atoms with van der Waals surface area (Å²) >= 11 is 0. The van der Waals surface area contributed by atoms with Gasteiger partial charge in [0.2, 0.25) is 0 Å². The maximum Gasteiger partial charge on any atom is 0.186 e. The second-order valence-corrected chi connectivity index (χ2v) is 3.87. The van der Waals surface area contributed by atoms with Gasteiger partial charge in [0.1, 0.15) is 30.5 Å². The van der Waals surface area contributed by atoms with Crippen molar-refractivity contribution in [3.63, 3.8) is 0 Å². The predicted molar refractivity (Wildman–Crippen MR) is 52.8 cm³/mol. The van der Waals surface area contributed by atoms with Crippen molar-refractivity contribution in [2.45, 2.75) is 36.8 Å². The Morgan fingerprint density at radius 3 is 2.24 bits per heavy atom. The SMILES string of the molecule is OCC(O)COC1OC(C(O)CO)C(O)C1O. The third kappa shape index (κ3) is 3.57. The summed E-state index contributed by atoms with van der Waals surface area (Å²) in [6, 6.07) is 0. The van der Waals surface area contributed by atoms with Crippen LogP contribution in [0.2, 0.25) is 0 Å². The number of rotatable bonds is 6. The first-order chi connectivity index (χ1) is 8.01. The summed E-state index contributed by atoms with van der Waals surface area (Å²) < 4.78 is 9.94. The Kier molecular flexibility index (Phi) is 5.70. The molecule has 17 heavy (non-hydrogen) atoms. The molecule has 1 rings (SSSR count). The standard InChI is InChI=1S/C9H18O8/c10-1-4(12)3-16-9-7(15)6(14)8(17-9)5(13)2-11/h4-15H,1-3H2. The van der Waals surface area contributed by atoms with Gasteiger partial charge >= 0.3 is 0 Å². The summed E-state index contributed by atoms with van der Waals surface area (Å²) in [5, 5.41) is 54.6. The number of ether oxygens (including phenoxy) is 2. The van der Waals surface area contributed by atoms with E-state index < -0.39 is 50.0 Å². The van der Waals surface area contributed by atoms with E-state index in [1.807, 2.05) is 0 Å². The van der Waals surface area contributed by atoms with Crippen molar-refractivity contribution in [3.8, 4) is 0 Å². The number of aliphatic hydroxyl groups excluding tert-OH is 6. The van der Waals surface area contributed by atoms with Crippen molar-refractivity contribution >= 4 is 0 Å². The van der Waals surface area contributed by atoms with Gasteiger partial charge in [0.25, 0.3) is 0 Å².